The SMILES string of the molecule is CC(C)OC(=O)[C@H](C)N[P+](=O)OC[C@H]1O[C@@H](n2cnc3c(N(C)C)nc(NC(=O)C(C)C)nc32)[C@@H](C)[C@@H]1C. The molecular weight excluding hydrogens is 513 g/mol. The number of esters is 1. The van der Waals surface area contributed by atoms with E-state index in [0.717, 1.165) is 0 Å². The minimum Gasteiger partial charge on any atom is -0.462 e. The van der Waals surface area contributed by atoms with E-state index >= 15 is 0 Å². The number of rotatable bonds is 11. The molecule has 2 aromatic heterocycles. The first-order chi connectivity index (χ1) is 17.8. The normalized spacial score (nSPS) is 22.7. The zero-order valence-electron chi connectivity index (χ0n) is 23.5. The van der Waals surface area contributed by atoms with Crippen LogP contribution in [0.3, 0.4) is 0 Å². The predicted octanol–water partition coefficient (Wildman–Crippen LogP) is 3.26. The minimum atomic E-state index is -2.31. The number of aromatic nitrogens is 4. The van der Waals surface area contributed by atoms with Crippen LogP contribution in [0.1, 0.15) is 54.7 Å². The third-order valence-corrected chi connectivity index (χ3v) is 7.38. The minimum absolute atomic E-state index is 0.0401. The van der Waals surface area contributed by atoms with E-state index in [4.69, 9.17) is 14.0 Å². The van der Waals surface area contributed by atoms with Gasteiger partial charge in [0.25, 0.3) is 0 Å². The number of hydrogen-bond donors (Lipinski definition) is 2. The zero-order chi connectivity index (χ0) is 28.3. The van der Waals surface area contributed by atoms with Crippen LogP contribution in [0.15, 0.2) is 6.33 Å². The maximum absolute atomic E-state index is 12.4. The van der Waals surface area contributed by atoms with Crippen LogP contribution in [0, 0.1) is 17.8 Å². The summed E-state index contributed by atoms with van der Waals surface area (Å²) in [7, 11) is 1.38. The number of ether oxygens (including phenoxy) is 2. The van der Waals surface area contributed by atoms with E-state index in [0.29, 0.717) is 17.0 Å². The lowest BCUT2D eigenvalue weighted by atomic mass is 9.93. The number of fused-ring (bicyclic) bond motifs is 1. The van der Waals surface area contributed by atoms with E-state index in [-0.39, 0.29) is 48.4 Å². The van der Waals surface area contributed by atoms with Crippen molar-refractivity contribution in [3.63, 3.8) is 0 Å². The Morgan fingerprint density at radius 3 is 2.45 bits per heavy atom. The van der Waals surface area contributed by atoms with Gasteiger partial charge in [-0.1, -0.05) is 32.8 Å². The van der Waals surface area contributed by atoms with Gasteiger partial charge in [-0.2, -0.15) is 9.97 Å². The molecule has 3 rings (SSSR count). The second-order valence-electron chi connectivity index (χ2n) is 10.4. The van der Waals surface area contributed by atoms with Gasteiger partial charge in [-0.3, -0.25) is 19.5 Å². The summed E-state index contributed by atoms with van der Waals surface area (Å²) in [5.74, 6) is -0.0653. The van der Waals surface area contributed by atoms with Crippen LogP contribution in [-0.4, -0.2) is 70.3 Å². The molecule has 1 unspecified atom stereocenters. The Labute approximate surface area is 223 Å². The fourth-order valence-electron chi connectivity index (χ4n) is 3.97. The van der Waals surface area contributed by atoms with Crippen molar-refractivity contribution in [1.82, 2.24) is 24.6 Å². The Bertz CT molecular complexity index is 1170. The molecule has 0 bridgehead atoms. The monoisotopic (exact) mass is 552 g/mol. The van der Waals surface area contributed by atoms with Gasteiger partial charge >= 0.3 is 14.1 Å². The van der Waals surface area contributed by atoms with Gasteiger partial charge in [0.15, 0.2) is 17.0 Å². The van der Waals surface area contributed by atoms with Crippen molar-refractivity contribution in [1.29, 1.82) is 0 Å². The Balaban J connectivity index is 1.76. The van der Waals surface area contributed by atoms with Crippen LogP contribution in [-0.2, 0) is 28.2 Å². The van der Waals surface area contributed by atoms with Gasteiger partial charge in [-0.25, -0.2) is 4.98 Å². The lowest BCUT2D eigenvalue weighted by molar-refractivity contribution is -0.149. The van der Waals surface area contributed by atoms with Crippen molar-refractivity contribution in [2.24, 2.45) is 17.8 Å². The van der Waals surface area contributed by atoms with Gasteiger partial charge in [-0.15, -0.1) is 4.52 Å². The predicted molar refractivity (Wildman–Crippen MR) is 143 cm³/mol. The maximum Gasteiger partial charge on any atom is 0.613 e. The molecule has 0 spiro atoms. The second kappa shape index (κ2) is 12.4. The summed E-state index contributed by atoms with van der Waals surface area (Å²) in [4.78, 5) is 39.7. The summed E-state index contributed by atoms with van der Waals surface area (Å²) in [6.45, 7) is 12.8. The van der Waals surface area contributed by atoms with Crippen LogP contribution in [0.2, 0.25) is 0 Å². The Morgan fingerprint density at radius 1 is 1.16 bits per heavy atom. The molecule has 1 aliphatic rings. The Morgan fingerprint density at radius 2 is 1.84 bits per heavy atom. The summed E-state index contributed by atoms with van der Waals surface area (Å²) < 4.78 is 31.2. The molecule has 14 heteroatoms. The highest BCUT2D eigenvalue weighted by Crippen LogP contribution is 2.41. The second-order valence-corrected chi connectivity index (χ2v) is 11.4. The lowest BCUT2D eigenvalue weighted by Crippen LogP contribution is -2.33. The standard InChI is InChI=1S/C24H38N7O6P/c1-12(2)21(32)28-24-26-19(30(8)9)18-20(27-24)31(11-25-18)22-15(6)14(5)17(37-22)10-35-38(34)29-16(7)23(33)36-13(3)4/h11-17,22H,10H2,1-9H3,(H-,26,27,28,29,32,34)/p+1/t14-,15-,16-,17+,22+/m0/s1. The van der Waals surface area contributed by atoms with Crippen molar-refractivity contribution < 1.29 is 28.2 Å². The van der Waals surface area contributed by atoms with Crippen molar-refractivity contribution in [3.8, 4) is 0 Å². The molecule has 1 fully saturated rings. The number of hydrogen-bond acceptors (Lipinski definition) is 10. The zero-order valence-corrected chi connectivity index (χ0v) is 24.4. The molecular formula is C24H39N7O6P+. The van der Waals surface area contributed by atoms with E-state index in [1.54, 1.807) is 40.9 Å². The molecule has 2 N–H and O–H groups in total. The molecule has 1 saturated heterocycles. The number of carbonyl (C=O) groups excluding carboxylic acids is 2. The average Bonchev–Trinajstić information content (AvgIpc) is 3.37. The molecule has 0 aromatic carbocycles. The smallest absolute Gasteiger partial charge is 0.462 e. The lowest BCUT2D eigenvalue weighted by Gasteiger charge is -2.19. The number of nitrogens with zero attached hydrogens (tertiary/aromatic N) is 5. The number of anilines is 2. The molecule has 1 amide bonds. The van der Waals surface area contributed by atoms with Crippen molar-refractivity contribution in [2.45, 2.75) is 72.9 Å². The van der Waals surface area contributed by atoms with Crippen LogP contribution >= 0.6 is 8.18 Å². The quantitative estimate of drug-likeness (QED) is 0.312. The summed E-state index contributed by atoms with van der Waals surface area (Å²) >= 11 is 0. The Kier molecular flexibility index (Phi) is 9.74. The summed E-state index contributed by atoms with van der Waals surface area (Å²) in [6, 6.07) is -0.775. The molecule has 6 atom stereocenters. The molecule has 38 heavy (non-hydrogen) atoms. The van der Waals surface area contributed by atoms with Crippen LogP contribution < -0.4 is 15.3 Å². The first-order valence-corrected chi connectivity index (χ1v) is 13.9. The first kappa shape index (κ1) is 29.8. The summed E-state index contributed by atoms with van der Waals surface area (Å²) in [6.07, 6.45) is 0.605. The number of imidazole rings is 1. The van der Waals surface area contributed by atoms with E-state index < -0.39 is 26.4 Å². The third-order valence-electron chi connectivity index (χ3n) is 6.40. The van der Waals surface area contributed by atoms with Crippen molar-refractivity contribution in [2.75, 3.05) is 30.9 Å². The van der Waals surface area contributed by atoms with Crippen molar-refractivity contribution >= 4 is 43.0 Å². The fraction of sp³-hybridized carbons (Fsp3) is 0.708. The van der Waals surface area contributed by atoms with Gasteiger partial charge in [0.1, 0.15) is 18.9 Å². The fourth-order valence-corrected chi connectivity index (χ4v) is 4.75. The highest BCUT2D eigenvalue weighted by Gasteiger charge is 2.43. The summed E-state index contributed by atoms with van der Waals surface area (Å²) in [5.41, 5.74) is 1.11. The highest BCUT2D eigenvalue weighted by atomic mass is 31.1. The molecule has 210 valence electrons. The van der Waals surface area contributed by atoms with E-state index in [9.17, 15) is 14.2 Å². The first-order valence-electron chi connectivity index (χ1n) is 12.7. The molecule has 13 nitrogen and oxygen atoms in total. The van der Waals surface area contributed by atoms with E-state index in [1.165, 1.54) is 0 Å². The van der Waals surface area contributed by atoms with E-state index in [2.05, 4.69) is 32.3 Å². The number of nitrogens with one attached hydrogen (secondary N) is 2. The molecule has 3 heterocycles. The number of carbonyl (C=O) groups is 2. The van der Waals surface area contributed by atoms with Gasteiger partial charge in [0.2, 0.25) is 11.9 Å². The van der Waals surface area contributed by atoms with Gasteiger partial charge in [-0.05, 0) is 31.3 Å². The average molecular weight is 553 g/mol. The number of amides is 1. The maximum atomic E-state index is 12.4. The van der Waals surface area contributed by atoms with Gasteiger partial charge in [0, 0.05) is 25.9 Å². The third kappa shape index (κ3) is 6.82. The van der Waals surface area contributed by atoms with Gasteiger partial charge in [0.05, 0.1) is 18.5 Å². The van der Waals surface area contributed by atoms with Gasteiger partial charge < -0.3 is 14.4 Å². The largest absolute Gasteiger partial charge is 0.613 e. The van der Waals surface area contributed by atoms with Crippen LogP contribution in [0.5, 0.6) is 0 Å². The van der Waals surface area contributed by atoms with Crippen LogP contribution in [0.4, 0.5) is 11.8 Å². The van der Waals surface area contributed by atoms with Crippen molar-refractivity contribution in [3.05, 3.63) is 6.33 Å². The summed E-state index contributed by atoms with van der Waals surface area (Å²) in [5, 5.41) is 5.40. The van der Waals surface area contributed by atoms with E-state index in [1.807, 2.05) is 30.5 Å². The molecule has 1 aliphatic heterocycles. The molecule has 0 aliphatic carbocycles. The highest BCUT2D eigenvalue weighted by molar-refractivity contribution is 7.36. The molecule has 0 radical (unpaired) electrons. The molecule has 0 saturated carbocycles. The van der Waals surface area contributed by atoms with Crippen LogP contribution in [0.25, 0.3) is 11.2 Å². The topological polar surface area (TPSA) is 150 Å². The molecule has 2 aromatic rings. The Hall–Kier alpha value is -2.73.